The second kappa shape index (κ2) is 6.98. The predicted molar refractivity (Wildman–Crippen MR) is 79.4 cm³/mol. The number of ether oxygens (including phenoxy) is 2. The van der Waals surface area contributed by atoms with Crippen LogP contribution in [0.4, 0.5) is 0 Å². The summed E-state index contributed by atoms with van der Waals surface area (Å²) in [7, 11) is 0. The number of hydrogen-bond donors (Lipinski definition) is 2. The van der Waals surface area contributed by atoms with E-state index in [1.165, 1.54) is 11.8 Å². The molecule has 21 heavy (non-hydrogen) atoms. The molecule has 1 saturated heterocycles. The summed E-state index contributed by atoms with van der Waals surface area (Å²) in [6.45, 7) is 1.54. The quantitative estimate of drug-likeness (QED) is 0.625. The highest BCUT2D eigenvalue weighted by Crippen LogP contribution is 2.36. The van der Waals surface area contributed by atoms with Gasteiger partial charge in [0.25, 0.3) is 0 Å². The molecule has 116 valence electrons. The lowest BCUT2D eigenvalue weighted by Crippen LogP contribution is -2.47. The van der Waals surface area contributed by atoms with Gasteiger partial charge in [0.05, 0.1) is 6.61 Å². The number of aliphatic hydroxyl groups is 2. The molecule has 7 heteroatoms. The molecule has 1 unspecified atom stereocenters. The zero-order valence-electron chi connectivity index (χ0n) is 11.5. The zero-order chi connectivity index (χ0) is 15.5. The van der Waals surface area contributed by atoms with E-state index >= 15 is 0 Å². The molecule has 1 aromatic rings. The van der Waals surface area contributed by atoms with Crippen molar-refractivity contribution in [1.29, 1.82) is 0 Å². The van der Waals surface area contributed by atoms with Crippen molar-refractivity contribution in [2.75, 3.05) is 19.1 Å². The molecule has 0 aliphatic carbocycles. The molecule has 1 fully saturated rings. The van der Waals surface area contributed by atoms with Crippen LogP contribution in [0.1, 0.15) is 5.56 Å². The normalized spacial score (nSPS) is 28.6. The van der Waals surface area contributed by atoms with Gasteiger partial charge < -0.3 is 19.7 Å². The van der Waals surface area contributed by atoms with Crippen molar-refractivity contribution >= 4 is 29.3 Å². The number of carbonyl (C=O) groups is 1. The minimum Gasteiger partial charge on any atom is -0.462 e. The average Bonchev–Trinajstić information content (AvgIpc) is 2.76. The number of aliphatic hydroxyl groups excluding tert-OH is 1. The number of alkyl halides is 1. The Labute approximate surface area is 132 Å². The first kappa shape index (κ1) is 16.6. The maximum atomic E-state index is 11.0. The van der Waals surface area contributed by atoms with Gasteiger partial charge in [0, 0.05) is 4.90 Å². The van der Waals surface area contributed by atoms with E-state index in [1.807, 2.05) is 31.2 Å². The standard InChI is InChI=1S/C14H17ClO5S/c1-9-2-4-10(5-3-9)21-13-12(17)14(18,8-20-13)7-19-11(16)6-15/h2-5,12-13,17-18H,6-8H2,1H3/t12-,13?,14+/m0/s1. The number of rotatable bonds is 5. The van der Waals surface area contributed by atoms with Crippen LogP contribution in [0.2, 0.25) is 0 Å². The Morgan fingerprint density at radius 2 is 2.19 bits per heavy atom. The van der Waals surface area contributed by atoms with E-state index in [0.717, 1.165) is 10.5 Å². The second-order valence-electron chi connectivity index (χ2n) is 4.95. The largest absolute Gasteiger partial charge is 0.462 e. The first-order valence-corrected chi connectivity index (χ1v) is 7.83. The molecular formula is C14H17ClO5S. The summed E-state index contributed by atoms with van der Waals surface area (Å²) in [5.74, 6) is -0.943. The molecule has 1 aliphatic heterocycles. The number of halogens is 1. The predicted octanol–water partition coefficient (Wildman–Crippen LogP) is 1.32. The van der Waals surface area contributed by atoms with Gasteiger partial charge in [-0.05, 0) is 19.1 Å². The lowest BCUT2D eigenvalue weighted by Gasteiger charge is -2.25. The van der Waals surface area contributed by atoms with E-state index in [2.05, 4.69) is 0 Å². The van der Waals surface area contributed by atoms with Crippen LogP contribution in [0, 0.1) is 6.92 Å². The number of hydrogen-bond acceptors (Lipinski definition) is 6. The van der Waals surface area contributed by atoms with Gasteiger partial charge in [0.15, 0.2) is 5.60 Å². The van der Waals surface area contributed by atoms with Crippen LogP contribution in [-0.2, 0) is 14.3 Å². The van der Waals surface area contributed by atoms with Crippen molar-refractivity contribution < 1.29 is 24.5 Å². The van der Waals surface area contributed by atoms with Crippen molar-refractivity contribution in [2.24, 2.45) is 0 Å². The van der Waals surface area contributed by atoms with E-state index in [4.69, 9.17) is 21.1 Å². The van der Waals surface area contributed by atoms with E-state index in [1.54, 1.807) is 0 Å². The molecule has 5 nitrogen and oxygen atoms in total. The highest BCUT2D eigenvalue weighted by atomic mass is 35.5. The van der Waals surface area contributed by atoms with Crippen molar-refractivity contribution in [2.45, 2.75) is 29.0 Å². The highest BCUT2D eigenvalue weighted by molar-refractivity contribution is 7.99. The number of carbonyl (C=O) groups excluding carboxylic acids is 1. The summed E-state index contributed by atoms with van der Waals surface area (Å²) < 4.78 is 10.2. The first-order chi connectivity index (χ1) is 9.94. The molecule has 3 atom stereocenters. The topological polar surface area (TPSA) is 76.0 Å². The van der Waals surface area contributed by atoms with Gasteiger partial charge in [-0.2, -0.15) is 0 Å². The Bertz CT molecular complexity index is 495. The van der Waals surface area contributed by atoms with E-state index < -0.39 is 23.1 Å². The summed E-state index contributed by atoms with van der Waals surface area (Å²) in [4.78, 5) is 12.0. The summed E-state index contributed by atoms with van der Waals surface area (Å²) in [6, 6.07) is 7.75. The lowest BCUT2D eigenvalue weighted by molar-refractivity contribution is -0.153. The molecule has 0 saturated carbocycles. The molecule has 2 N–H and O–H groups in total. The van der Waals surface area contributed by atoms with Gasteiger partial charge in [-0.15, -0.1) is 11.6 Å². The fraction of sp³-hybridized carbons (Fsp3) is 0.500. The maximum Gasteiger partial charge on any atom is 0.320 e. The highest BCUT2D eigenvalue weighted by Gasteiger charge is 2.49. The van der Waals surface area contributed by atoms with Crippen molar-refractivity contribution in [3.63, 3.8) is 0 Å². The molecule has 0 bridgehead atoms. The zero-order valence-corrected chi connectivity index (χ0v) is 13.1. The van der Waals surface area contributed by atoms with Crippen LogP contribution in [0.3, 0.4) is 0 Å². The number of aryl methyl sites for hydroxylation is 1. The smallest absolute Gasteiger partial charge is 0.320 e. The van der Waals surface area contributed by atoms with Crippen molar-refractivity contribution in [3.8, 4) is 0 Å². The number of esters is 1. The van der Waals surface area contributed by atoms with Gasteiger partial charge in [0.2, 0.25) is 0 Å². The minimum atomic E-state index is -1.61. The van der Waals surface area contributed by atoms with Crippen LogP contribution in [0.25, 0.3) is 0 Å². The monoisotopic (exact) mass is 332 g/mol. The van der Waals surface area contributed by atoms with Crippen molar-refractivity contribution in [1.82, 2.24) is 0 Å². The van der Waals surface area contributed by atoms with Gasteiger partial charge >= 0.3 is 5.97 Å². The number of thioether (sulfide) groups is 1. The maximum absolute atomic E-state index is 11.0. The Kier molecular flexibility index (Phi) is 5.51. The van der Waals surface area contributed by atoms with E-state index in [0.29, 0.717) is 0 Å². The molecule has 1 heterocycles. The third kappa shape index (κ3) is 4.11. The molecule has 1 aliphatic rings. The number of benzene rings is 1. The summed E-state index contributed by atoms with van der Waals surface area (Å²) >= 11 is 6.63. The molecule has 1 aromatic carbocycles. The van der Waals surface area contributed by atoms with Crippen LogP contribution in [-0.4, -0.2) is 52.4 Å². The van der Waals surface area contributed by atoms with Crippen molar-refractivity contribution in [3.05, 3.63) is 29.8 Å². The van der Waals surface area contributed by atoms with Crippen LogP contribution in [0.15, 0.2) is 29.2 Å². The van der Waals surface area contributed by atoms with E-state index in [9.17, 15) is 15.0 Å². The van der Waals surface area contributed by atoms with Crippen LogP contribution >= 0.6 is 23.4 Å². The Morgan fingerprint density at radius 3 is 2.81 bits per heavy atom. The fourth-order valence-corrected chi connectivity index (χ4v) is 3.03. The Morgan fingerprint density at radius 1 is 1.52 bits per heavy atom. The van der Waals surface area contributed by atoms with E-state index in [-0.39, 0.29) is 19.1 Å². The van der Waals surface area contributed by atoms with Crippen LogP contribution in [0.5, 0.6) is 0 Å². The third-order valence-corrected chi connectivity index (χ3v) is 4.56. The Hall–Kier alpha value is -0.790. The summed E-state index contributed by atoms with van der Waals surface area (Å²) in [6.07, 6.45) is -1.16. The SMILES string of the molecule is Cc1ccc(SC2OC[C@](O)(COC(=O)CCl)[C@H]2O)cc1. The second-order valence-corrected chi connectivity index (χ2v) is 6.39. The van der Waals surface area contributed by atoms with Gasteiger partial charge in [-0.1, -0.05) is 29.5 Å². The summed E-state index contributed by atoms with van der Waals surface area (Å²) in [5, 5.41) is 20.5. The molecule has 0 aromatic heterocycles. The summed E-state index contributed by atoms with van der Waals surface area (Å²) in [5.41, 5.74) is -1.09. The molecule has 0 spiro atoms. The molecular weight excluding hydrogens is 316 g/mol. The van der Waals surface area contributed by atoms with Gasteiger partial charge in [-0.25, -0.2) is 0 Å². The molecule has 2 rings (SSSR count). The first-order valence-electron chi connectivity index (χ1n) is 6.41. The average molecular weight is 333 g/mol. The van der Waals surface area contributed by atoms with Gasteiger partial charge in [0.1, 0.15) is 24.0 Å². The molecule has 0 amide bonds. The third-order valence-electron chi connectivity index (χ3n) is 3.17. The Balaban J connectivity index is 1.95. The van der Waals surface area contributed by atoms with Gasteiger partial charge in [-0.3, -0.25) is 4.79 Å². The molecule has 0 radical (unpaired) electrons. The minimum absolute atomic E-state index is 0.104. The lowest BCUT2D eigenvalue weighted by atomic mass is 10.0. The fourth-order valence-electron chi connectivity index (χ4n) is 1.88. The van der Waals surface area contributed by atoms with Crippen LogP contribution < -0.4 is 0 Å².